The molecule has 0 spiro atoms. The van der Waals surface area contributed by atoms with Crippen LogP contribution in [0.3, 0.4) is 0 Å². The van der Waals surface area contributed by atoms with Crippen molar-refractivity contribution in [2.24, 2.45) is 5.92 Å². The number of amides is 2. The predicted octanol–water partition coefficient (Wildman–Crippen LogP) is 3.36. The molecule has 2 amide bonds. The van der Waals surface area contributed by atoms with Crippen LogP contribution in [0.5, 0.6) is 0 Å². The average molecular weight is 346 g/mol. The van der Waals surface area contributed by atoms with Crippen molar-refractivity contribution in [2.45, 2.75) is 51.5 Å². The average Bonchev–Trinajstić information content (AvgIpc) is 2.58. The fourth-order valence-electron chi connectivity index (χ4n) is 3.83. The zero-order chi connectivity index (χ0) is 17.6. The molecule has 4 nitrogen and oxygen atoms in total. The van der Waals surface area contributed by atoms with E-state index in [1.54, 1.807) is 23.1 Å². The van der Waals surface area contributed by atoms with Crippen LogP contribution in [0.2, 0.25) is 0 Å². The summed E-state index contributed by atoms with van der Waals surface area (Å²) in [6, 6.07) is 6.53. The standard InChI is InChI=1S/C20H27FN2O2/c21-18-9-5-4-8-16(18)14-23-15-17(10-11-19(23)24)20(25)22-12-6-2-1-3-7-13-22/h4-5,8-9,17H,1-3,6-7,10-15H2/t17-/m0/s1. The minimum absolute atomic E-state index is 0.0139. The Morgan fingerprint density at radius 3 is 2.48 bits per heavy atom. The second-order valence-electron chi connectivity index (χ2n) is 7.19. The van der Waals surface area contributed by atoms with Crippen molar-refractivity contribution >= 4 is 11.8 Å². The molecule has 2 aliphatic rings. The van der Waals surface area contributed by atoms with Gasteiger partial charge in [0, 0.05) is 38.2 Å². The fourth-order valence-corrected chi connectivity index (χ4v) is 3.83. The quantitative estimate of drug-likeness (QED) is 0.842. The topological polar surface area (TPSA) is 40.6 Å². The SMILES string of the molecule is O=C1CC[C@H](C(=O)N2CCCCCCC2)CN1Cc1ccccc1F. The summed E-state index contributed by atoms with van der Waals surface area (Å²) in [4.78, 5) is 28.8. The third-order valence-electron chi connectivity index (χ3n) is 5.34. The predicted molar refractivity (Wildman–Crippen MR) is 94.2 cm³/mol. The second-order valence-corrected chi connectivity index (χ2v) is 7.19. The Morgan fingerprint density at radius 2 is 1.76 bits per heavy atom. The number of rotatable bonds is 3. The van der Waals surface area contributed by atoms with E-state index in [2.05, 4.69) is 0 Å². The first kappa shape index (κ1) is 17.9. The maximum atomic E-state index is 13.9. The fraction of sp³-hybridized carbons (Fsp3) is 0.600. The monoisotopic (exact) mass is 346 g/mol. The van der Waals surface area contributed by atoms with Crippen LogP contribution >= 0.6 is 0 Å². The van der Waals surface area contributed by atoms with Gasteiger partial charge in [-0.1, -0.05) is 37.5 Å². The van der Waals surface area contributed by atoms with E-state index in [1.165, 1.54) is 25.3 Å². The molecule has 2 fully saturated rings. The van der Waals surface area contributed by atoms with E-state index in [0.29, 0.717) is 24.9 Å². The van der Waals surface area contributed by atoms with Crippen LogP contribution in [0.15, 0.2) is 24.3 Å². The van der Waals surface area contributed by atoms with Gasteiger partial charge in [-0.2, -0.15) is 0 Å². The van der Waals surface area contributed by atoms with Gasteiger partial charge < -0.3 is 9.80 Å². The molecule has 2 aliphatic heterocycles. The molecule has 2 saturated heterocycles. The lowest BCUT2D eigenvalue weighted by atomic mass is 9.94. The lowest BCUT2D eigenvalue weighted by molar-refractivity contribution is -0.143. The highest BCUT2D eigenvalue weighted by Gasteiger charge is 2.33. The molecule has 136 valence electrons. The van der Waals surface area contributed by atoms with E-state index >= 15 is 0 Å². The molecular weight excluding hydrogens is 319 g/mol. The summed E-state index contributed by atoms with van der Waals surface area (Å²) in [5.74, 6) is -0.260. The molecule has 3 rings (SSSR count). The molecular formula is C20H27FN2O2. The molecule has 25 heavy (non-hydrogen) atoms. The van der Waals surface area contributed by atoms with Crippen molar-refractivity contribution in [2.75, 3.05) is 19.6 Å². The van der Waals surface area contributed by atoms with Gasteiger partial charge >= 0.3 is 0 Å². The largest absolute Gasteiger partial charge is 0.342 e. The smallest absolute Gasteiger partial charge is 0.227 e. The summed E-state index contributed by atoms with van der Waals surface area (Å²) in [5.41, 5.74) is 0.509. The molecule has 1 atom stereocenters. The van der Waals surface area contributed by atoms with E-state index in [-0.39, 0.29) is 30.1 Å². The van der Waals surface area contributed by atoms with Gasteiger partial charge in [-0.25, -0.2) is 4.39 Å². The lowest BCUT2D eigenvalue weighted by Crippen LogP contribution is -2.47. The number of piperidine rings is 1. The third-order valence-corrected chi connectivity index (χ3v) is 5.34. The maximum absolute atomic E-state index is 13.9. The van der Waals surface area contributed by atoms with Crippen LogP contribution in [0.1, 0.15) is 50.5 Å². The third kappa shape index (κ3) is 4.59. The van der Waals surface area contributed by atoms with Crippen molar-refractivity contribution in [1.29, 1.82) is 0 Å². The van der Waals surface area contributed by atoms with Gasteiger partial charge in [-0.05, 0) is 25.3 Å². The second kappa shape index (κ2) is 8.45. The summed E-state index contributed by atoms with van der Waals surface area (Å²) >= 11 is 0. The maximum Gasteiger partial charge on any atom is 0.227 e. The number of hydrogen-bond acceptors (Lipinski definition) is 2. The van der Waals surface area contributed by atoms with Gasteiger partial charge in [-0.3, -0.25) is 9.59 Å². The summed E-state index contributed by atoms with van der Waals surface area (Å²) in [6.07, 6.45) is 6.75. The number of likely N-dealkylation sites (tertiary alicyclic amines) is 2. The number of halogens is 1. The van der Waals surface area contributed by atoms with Gasteiger partial charge in [0.25, 0.3) is 0 Å². The highest BCUT2D eigenvalue weighted by atomic mass is 19.1. The molecule has 0 aliphatic carbocycles. The first-order chi connectivity index (χ1) is 12.1. The van der Waals surface area contributed by atoms with E-state index in [1.807, 2.05) is 4.90 Å². The normalized spacial score (nSPS) is 22.4. The molecule has 0 unspecified atom stereocenters. The highest BCUT2D eigenvalue weighted by Crippen LogP contribution is 2.23. The summed E-state index contributed by atoms with van der Waals surface area (Å²) in [5, 5.41) is 0. The van der Waals surface area contributed by atoms with E-state index in [4.69, 9.17) is 0 Å². The molecule has 1 aromatic carbocycles. The Labute approximate surface area is 149 Å². The molecule has 0 N–H and O–H groups in total. The minimum Gasteiger partial charge on any atom is -0.342 e. The summed E-state index contributed by atoms with van der Waals surface area (Å²) in [7, 11) is 0. The van der Waals surface area contributed by atoms with Gasteiger partial charge in [0.2, 0.25) is 11.8 Å². The van der Waals surface area contributed by atoms with Gasteiger partial charge in [0.05, 0.1) is 5.92 Å². The van der Waals surface area contributed by atoms with Gasteiger partial charge in [-0.15, -0.1) is 0 Å². The number of carbonyl (C=O) groups is 2. The summed E-state index contributed by atoms with van der Waals surface area (Å²) in [6.45, 7) is 2.31. The molecule has 1 aromatic rings. The van der Waals surface area contributed by atoms with Crippen molar-refractivity contribution in [3.8, 4) is 0 Å². The molecule has 2 heterocycles. The number of benzene rings is 1. The first-order valence-electron chi connectivity index (χ1n) is 9.45. The van der Waals surface area contributed by atoms with Crippen LogP contribution in [0, 0.1) is 11.7 Å². The van der Waals surface area contributed by atoms with Crippen LogP contribution < -0.4 is 0 Å². The highest BCUT2D eigenvalue weighted by molar-refractivity contribution is 5.84. The van der Waals surface area contributed by atoms with Gasteiger partial charge in [0.1, 0.15) is 5.82 Å². The minimum atomic E-state index is -0.299. The Bertz CT molecular complexity index is 611. The Kier molecular flexibility index (Phi) is 6.05. The van der Waals surface area contributed by atoms with Crippen LogP contribution in [-0.4, -0.2) is 41.2 Å². The Hall–Kier alpha value is -1.91. The molecule has 0 saturated carbocycles. The van der Waals surface area contributed by atoms with Crippen LogP contribution in [0.25, 0.3) is 0 Å². The van der Waals surface area contributed by atoms with Crippen molar-refractivity contribution < 1.29 is 14.0 Å². The van der Waals surface area contributed by atoms with Crippen molar-refractivity contribution in [1.82, 2.24) is 9.80 Å². The molecule has 0 radical (unpaired) electrons. The zero-order valence-corrected chi connectivity index (χ0v) is 14.8. The van der Waals surface area contributed by atoms with Crippen molar-refractivity contribution in [3.05, 3.63) is 35.6 Å². The van der Waals surface area contributed by atoms with Crippen molar-refractivity contribution in [3.63, 3.8) is 0 Å². The Balaban J connectivity index is 1.64. The van der Waals surface area contributed by atoms with Gasteiger partial charge in [0.15, 0.2) is 0 Å². The van der Waals surface area contributed by atoms with Crippen LogP contribution in [0.4, 0.5) is 4.39 Å². The van der Waals surface area contributed by atoms with E-state index < -0.39 is 0 Å². The molecule has 0 bridgehead atoms. The molecule has 5 heteroatoms. The molecule has 0 aromatic heterocycles. The van der Waals surface area contributed by atoms with E-state index in [0.717, 1.165) is 25.9 Å². The first-order valence-corrected chi connectivity index (χ1v) is 9.45. The Morgan fingerprint density at radius 1 is 1.08 bits per heavy atom. The van der Waals surface area contributed by atoms with Crippen LogP contribution in [-0.2, 0) is 16.1 Å². The number of carbonyl (C=O) groups excluding carboxylic acids is 2. The number of nitrogens with zero attached hydrogens (tertiary/aromatic N) is 2. The lowest BCUT2D eigenvalue weighted by Gasteiger charge is -2.35. The zero-order valence-electron chi connectivity index (χ0n) is 14.8. The van der Waals surface area contributed by atoms with E-state index in [9.17, 15) is 14.0 Å². The summed E-state index contributed by atoms with van der Waals surface area (Å²) < 4.78 is 13.9. The number of hydrogen-bond donors (Lipinski definition) is 0.